The number of rotatable bonds is 5. The molecule has 0 aromatic heterocycles. The number of hydrogen-bond acceptors (Lipinski definition) is 3. The Labute approximate surface area is 153 Å². The van der Waals surface area contributed by atoms with Crippen LogP contribution in [0.15, 0.2) is 48.5 Å². The monoisotopic (exact) mass is 353 g/mol. The minimum absolute atomic E-state index is 0.114. The lowest BCUT2D eigenvalue weighted by Gasteiger charge is -2.22. The molecule has 1 aliphatic rings. The molecule has 1 aliphatic heterocycles. The van der Waals surface area contributed by atoms with Crippen molar-refractivity contribution in [3.05, 3.63) is 54.1 Å². The Kier molecular flexibility index (Phi) is 5.41. The molecule has 0 spiro atoms. The number of carbonyl (C=O) groups excluding carboxylic acids is 2. The second-order valence-corrected chi connectivity index (χ2v) is 6.15. The van der Waals surface area contributed by atoms with Crippen molar-refractivity contribution in [2.45, 2.75) is 26.3 Å². The summed E-state index contributed by atoms with van der Waals surface area (Å²) in [5.41, 5.74) is 2.72. The fourth-order valence-electron chi connectivity index (χ4n) is 3.03. The summed E-state index contributed by atoms with van der Waals surface area (Å²) in [7, 11) is 0. The lowest BCUT2D eigenvalue weighted by atomic mass is 10.2. The van der Waals surface area contributed by atoms with E-state index in [1.165, 1.54) is 0 Å². The standard InChI is InChI=1S/C20H23N3O3/c1-3-26-17-10-8-16(9-11-17)22-20(25)21-14(2)19(24)23-13-12-15-6-4-5-7-18(15)23/h4-11,14H,3,12-13H2,1-2H3,(H2,21,22,25)/t14-/m1/s1. The van der Waals surface area contributed by atoms with Gasteiger partial charge in [-0.15, -0.1) is 0 Å². The molecule has 0 bridgehead atoms. The van der Waals surface area contributed by atoms with Crippen molar-refractivity contribution in [2.24, 2.45) is 0 Å². The van der Waals surface area contributed by atoms with Crippen LogP contribution in [-0.2, 0) is 11.2 Å². The topological polar surface area (TPSA) is 70.7 Å². The van der Waals surface area contributed by atoms with Crippen molar-refractivity contribution in [3.63, 3.8) is 0 Å². The van der Waals surface area contributed by atoms with Crippen molar-refractivity contribution in [1.29, 1.82) is 0 Å². The van der Waals surface area contributed by atoms with Gasteiger partial charge in [-0.1, -0.05) is 18.2 Å². The van der Waals surface area contributed by atoms with Gasteiger partial charge in [-0.05, 0) is 56.2 Å². The summed E-state index contributed by atoms with van der Waals surface area (Å²) in [6.45, 7) is 4.84. The molecule has 1 atom stereocenters. The third-order valence-corrected chi connectivity index (χ3v) is 4.29. The highest BCUT2D eigenvalue weighted by Gasteiger charge is 2.28. The molecule has 0 unspecified atom stereocenters. The van der Waals surface area contributed by atoms with E-state index < -0.39 is 12.1 Å². The van der Waals surface area contributed by atoms with Gasteiger partial charge >= 0.3 is 6.03 Å². The fourth-order valence-corrected chi connectivity index (χ4v) is 3.03. The van der Waals surface area contributed by atoms with E-state index >= 15 is 0 Å². The number of ether oxygens (including phenoxy) is 1. The summed E-state index contributed by atoms with van der Waals surface area (Å²) in [6.07, 6.45) is 0.840. The van der Waals surface area contributed by atoms with Gasteiger partial charge in [0.25, 0.3) is 0 Å². The molecule has 6 nitrogen and oxygen atoms in total. The molecule has 2 aromatic carbocycles. The van der Waals surface area contributed by atoms with Crippen LogP contribution < -0.4 is 20.3 Å². The van der Waals surface area contributed by atoms with Crippen LogP contribution >= 0.6 is 0 Å². The van der Waals surface area contributed by atoms with E-state index in [0.717, 1.165) is 23.4 Å². The Balaban J connectivity index is 1.56. The van der Waals surface area contributed by atoms with Gasteiger partial charge in [-0.2, -0.15) is 0 Å². The average molecular weight is 353 g/mol. The van der Waals surface area contributed by atoms with E-state index in [1.807, 2.05) is 31.2 Å². The molecule has 0 fully saturated rings. The zero-order valence-corrected chi connectivity index (χ0v) is 15.0. The average Bonchev–Trinajstić information content (AvgIpc) is 3.07. The summed E-state index contributed by atoms with van der Waals surface area (Å²) in [4.78, 5) is 26.6. The number of para-hydroxylation sites is 1. The van der Waals surface area contributed by atoms with Gasteiger partial charge in [0.2, 0.25) is 5.91 Å². The molecule has 3 amide bonds. The molecular weight excluding hydrogens is 330 g/mol. The summed E-state index contributed by atoms with van der Waals surface area (Å²) < 4.78 is 5.37. The number of urea groups is 1. The van der Waals surface area contributed by atoms with Gasteiger partial charge in [0, 0.05) is 17.9 Å². The van der Waals surface area contributed by atoms with Gasteiger partial charge in [-0.25, -0.2) is 4.79 Å². The van der Waals surface area contributed by atoms with E-state index in [-0.39, 0.29) is 5.91 Å². The first-order valence-electron chi connectivity index (χ1n) is 8.78. The quantitative estimate of drug-likeness (QED) is 0.867. The lowest BCUT2D eigenvalue weighted by molar-refractivity contribution is -0.119. The number of anilines is 2. The molecule has 0 radical (unpaired) electrons. The highest BCUT2D eigenvalue weighted by molar-refractivity contribution is 6.01. The smallest absolute Gasteiger partial charge is 0.319 e. The Morgan fingerprint density at radius 2 is 1.88 bits per heavy atom. The highest BCUT2D eigenvalue weighted by atomic mass is 16.5. The molecule has 6 heteroatoms. The second kappa shape index (κ2) is 7.91. The molecule has 0 aliphatic carbocycles. The van der Waals surface area contributed by atoms with E-state index in [9.17, 15) is 9.59 Å². The van der Waals surface area contributed by atoms with E-state index in [4.69, 9.17) is 4.74 Å². The predicted molar refractivity (Wildman–Crippen MR) is 102 cm³/mol. The molecule has 3 rings (SSSR count). The number of amides is 3. The molecule has 1 heterocycles. The van der Waals surface area contributed by atoms with E-state index in [1.54, 1.807) is 36.1 Å². The molecular formula is C20H23N3O3. The predicted octanol–water partition coefficient (Wildman–Crippen LogP) is 3.18. The Morgan fingerprint density at radius 1 is 1.15 bits per heavy atom. The van der Waals surface area contributed by atoms with Gasteiger partial charge in [0.15, 0.2) is 0 Å². The lowest BCUT2D eigenvalue weighted by Crippen LogP contribution is -2.47. The molecule has 136 valence electrons. The van der Waals surface area contributed by atoms with Crippen LogP contribution in [0.4, 0.5) is 16.2 Å². The fraction of sp³-hybridized carbons (Fsp3) is 0.300. The molecule has 0 saturated carbocycles. The van der Waals surface area contributed by atoms with Crippen molar-refractivity contribution in [1.82, 2.24) is 5.32 Å². The highest BCUT2D eigenvalue weighted by Crippen LogP contribution is 2.27. The van der Waals surface area contributed by atoms with Crippen molar-refractivity contribution in [2.75, 3.05) is 23.4 Å². The number of nitrogens with one attached hydrogen (secondary N) is 2. The van der Waals surface area contributed by atoms with Gasteiger partial charge in [-0.3, -0.25) is 4.79 Å². The summed E-state index contributed by atoms with van der Waals surface area (Å²) in [5, 5.41) is 5.43. The number of hydrogen-bond donors (Lipinski definition) is 2. The Bertz CT molecular complexity index is 789. The van der Waals surface area contributed by atoms with Crippen molar-refractivity contribution < 1.29 is 14.3 Å². The van der Waals surface area contributed by atoms with Crippen LogP contribution in [0, 0.1) is 0 Å². The van der Waals surface area contributed by atoms with E-state index in [2.05, 4.69) is 10.6 Å². The minimum Gasteiger partial charge on any atom is -0.494 e. The summed E-state index contributed by atoms with van der Waals surface area (Å²) in [6, 6.07) is 13.9. The van der Waals surface area contributed by atoms with Gasteiger partial charge < -0.3 is 20.3 Å². The Morgan fingerprint density at radius 3 is 2.62 bits per heavy atom. The first kappa shape index (κ1) is 17.8. The molecule has 0 saturated heterocycles. The maximum absolute atomic E-state index is 12.7. The zero-order valence-electron chi connectivity index (χ0n) is 15.0. The van der Waals surface area contributed by atoms with Crippen molar-refractivity contribution in [3.8, 4) is 5.75 Å². The van der Waals surface area contributed by atoms with Gasteiger partial charge in [0.05, 0.1) is 6.61 Å². The number of carbonyl (C=O) groups is 2. The second-order valence-electron chi connectivity index (χ2n) is 6.15. The van der Waals surface area contributed by atoms with Crippen LogP contribution in [0.5, 0.6) is 5.75 Å². The zero-order chi connectivity index (χ0) is 18.5. The third-order valence-electron chi connectivity index (χ3n) is 4.29. The minimum atomic E-state index is -0.621. The maximum Gasteiger partial charge on any atom is 0.319 e. The van der Waals surface area contributed by atoms with Crippen molar-refractivity contribution >= 4 is 23.3 Å². The van der Waals surface area contributed by atoms with Crippen LogP contribution in [0.25, 0.3) is 0 Å². The van der Waals surface area contributed by atoms with E-state index in [0.29, 0.717) is 18.8 Å². The number of benzene rings is 2. The first-order valence-corrected chi connectivity index (χ1v) is 8.78. The SMILES string of the molecule is CCOc1ccc(NC(=O)N[C@H](C)C(=O)N2CCc3ccccc32)cc1. The Hall–Kier alpha value is -3.02. The molecule has 2 N–H and O–H groups in total. The van der Waals surface area contributed by atoms with Crippen LogP contribution in [0.2, 0.25) is 0 Å². The largest absolute Gasteiger partial charge is 0.494 e. The van der Waals surface area contributed by atoms with Crippen LogP contribution in [0.1, 0.15) is 19.4 Å². The number of nitrogens with zero attached hydrogens (tertiary/aromatic N) is 1. The summed E-state index contributed by atoms with van der Waals surface area (Å²) in [5.74, 6) is 0.631. The first-order chi connectivity index (χ1) is 12.6. The third kappa shape index (κ3) is 3.96. The molecule has 2 aromatic rings. The van der Waals surface area contributed by atoms with Crippen LogP contribution in [0.3, 0.4) is 0 Å². The molecule has 26 heavy (non-hydrogen) atoms. The normalized spacial score (nSPS) is 13.7. The number of fused-ring (bicyclic) bond motifs is 1. The van der Waals surface area contributed by atoms with Gasteiger partial charge in [0.1, 0.15) is 11.8 Å². The van der Waals surface area contributed by atoms with Crippen LogP contribution in [-0.4, -0.2) is 31.1 Å². The summed E-state index contributed by atoms with van der Waals surface area (Å²) >= 11 is 0. The maximum atomic E-state index is 12.7.